The number of nitrogens with one attached hydrogen (secondary N) is 1. The van der Waals surface area contributed by atoms with Gasteiger partial charge in [0.05, 0.1) is 5.02 Å². The summed E-state index contributed by atoms with van der Waals surface area (Å²) in [6.07, 6.45) is 4.02. The Bertz CT molecular complexity index is 472. The quantitative estimate of drug-likeness (QED) is 0.846. The van der Waals surface area contributed by atoms with E-state index in [1.165, 1.54) is 12.8 Å². The lowest BCUT2D eigenvalue weighted by atomic mass is 10.3. The molecular weight excluding hydrogens is 212 g/mol. The Hall–Kier alpha value is -1.42. The van der Waals surface area contributed by atoms with Crippen molar-refractivity contribution in [2.24, 2.45) is 0 Å². The second kappa shape index (κ2) is 3.31. The van der Waals surface area contributed by atoms with Gasteiger partial charge in [0.25, 0.3) is 0 Å². The van der Waals surface area contributed by atoms with Gasteiger partial charge in [-0.15, -0.1) is 0 Å². The maximum atomic E-state index is 5.75. The van der Waals surface area contributed by atoms with Crippen LogP contribution in [0.1, 0.15) is 24.6 Å². The first-order valence-corrected chi connectivity index (χ1v) is 5.25. The molecule has 1 fully saturated rings. The predicted octanol–water partition coefficient (Wildman–Crippen LogP) is 2.40. The Morgan fingerprint density at radius 2 is 2.20 bits per heavy atom. The topological polar surface area (TPSA) is 54.5 Å². The van der Waals surface area contributed by atoms with E-state index in [1.54, 1.807) is 12.3 Å². The highest BCUT2D eigenvalue weighted by Gasteiger charge is 2.27. The number of hydrogen-bond donors (Lipinski definition) is 1. The van der Waals surface area contributed by atoms with Gasteiger partial charge in [0.15, 0.2) is 5.82 Å². The largest absolute Gasteiger partial charge is 0.262 e. The molecule has 1 saturated carbocycles. The van der Waals surface area contributed by atoms with Crippen molar-refractivity contribution in [3.63, 3.8) is 0 Å². The zero-order valence-corrected chi connectivity index (χ0v) is 8.70. The molecule has 1 aliphatic carbocycles. The molecule has 3 rings (SSSR count). The van der Waals surface area contributed by atoms with Gasteiger partial charge in [-0.1, -0.05) is 11.6 Å². The van der Waals surface area contributed by atoms with E-state index in [9.17, 15) is 0 Å². The van der Waals surface area contributed by atoms with Gasteiger partial charge in [0.1, 0.15) is 11.5 Å². The molecule has 0 atom stereocenters. The van der Waals surface area contributed by atoms with Crippen molar-refractivity contribution in [1.82, 2.24) is 20.2 Å². The van der Waals surface area contributed by atoms with Crippen LogP contribution in [0.5, 0.6) is 0 Å². The molecule has 5 heteroatoms. The maximum Gasteiger partial charge on any atom is 0.199 e. The fourth-order valence-corrected chi connectivity index (χ4v) is 1.55. The molecule has 0 aromatic carbocycles. The Kier molecular flexibility index (Phi) is 1.95. The van der Waals surface area contributed by atoms with Gasteiger partial charge in [0.2, 0.25) is 0 Å². The van der Waals surface area contributed by atoms with E-state index >= 15 is 0 Å². The molecule has 0 spiro atoms. The van der Waals surface area contributed by atoms with Gasteiger partial charge in [-0.05, 0) is 25.0 Å². The summed E-state index contributed by atoms with van der Waals surface area (Å²) in [5.74, 6) is 2.20. The third-order valence-corrected chi connectivity index (χ3v) is 2.65. The number of nitrogens with zero attached hydrogens (tertiary/aromatic N) is 3. The Morgan fingerprint density at radius 1 is 1.33 bits per heavy atom. The van der Waals surface area contributed by atoms with Gasteiger partial charge in [-0.25, -0.2) is 4.98 Å². The second-order valence-electron chi connectivity index (χ2n) is 3.68. The number of aromatic nitrogens is 4. The number of aromatic amines is 1. The van der Waals surface area contributed by atoms with Crippen LogP contribution in [0.25, 0.3) is 11.5 Å². The molecule has 1 N–H and O–H groups in total. The van der Waals surface area contributed by atoms with Crippen LogP contribution < -0.4 is 0 Å². The van der Waals surface area contributed by atoms with Gasteiger partial charge in [0, 0.05) is 12.1 Å². The monoisotopic (exact) mass is 220 g/mol. The smallest absolute Gasteiger partial charge is 0.199 e. The van der Waals surface area contributed by atoms with Crippen molar-refractivity contribution < 1.29 is 0 Å². The highest BCUT2D eigenvalue weighted by Crippen LogP contribution is 2.38. The minimum atomic E-state index is 0.582. The number of H-pyrrole nitrogens is 1. The first-order chi connectivity index (χ1) is 7.33. The first-order valence-electron chi connectivity index (χ1n) is 4.87. The van der Waals surface area contributed by atoms with E-state index < -0.39 is 0 Å². The Labute approximate surface area is 91.7 Å². The maximum absolute atomic E-state index is 5.75. The molecule has 0 saturated heterocycles. The minimum Gasteiger partial charge on any atom is -0.262 e. The van der Waals surface area contributed by atoms with Crippen LogP contribution in [0.3, 0.4) is 0 Å². The van der Waals surface area contributed by atoms with Crippen molar-refractivity contribution in [1.29, 1.82) is 0 Å². The van der Waals surface area contributed by atoms with E-state index in [-0.39, 0.29) is 0 Å². The molecular formula is C10H9ClN4. The van der Waals surface area contributed by atoms with Gasteiger partial charge in [-0.3, -0.25) is 10.1 Å². The van der Waals surface area contributed by atoms with E-state index in [1.807, 2.05) is 6.07 Å². The lowest BCUT2D eigenvalue weighted by Gasteiger charge is -1.93. The average molecular weight is 221 g/mol. The van der Waals surface area contributed by atoms with E-state index in [2.05, 4.69) is 20.2 Å². The predicted molar refractivity (Wildman–Crippen MR) is 56.6 cm³/mol. The van der Waals surface area contributed by atoms with Gasteiger partial charge >= 0.3 is 0 Å². The van der Waals surface area contributed by atoms with Crippen LogP contribution in [0.15, 0.2) is 18.3 Å². The highest BCUT2D eigenvalue weighted by molar-refractivity contribution is 6.30. The third kappa shape index (κ3) is 1.72. The molecule has 0 bridgehead atoms. The lowest BCUT2D eigenvalue weighted by molar-refractivity contribution is 0.935. The summed E-state index contributed by atoms with van der Waals surface area (Å²) in [5, 5.41) is 7.70. The summed E-state index contributed by atoms with van der Waals surface area (Å²) in [7, 11) is 0. The van der Waals surface area contributed by atoms with Crippen LogP contribution in [0.2, 0.25) is 5.02 Å². The standard InChI is InChI=1S/C10H9ClN4/c11-7-3-4-8(12-5-7)10-13-9(14-15-10)6-1-2-6/h3-6H,1-2H2,(H,13,14,15). The fourth-order valence-electron chi connectivity index (χ4n) is 1.44. The van der Waals surface area contributed by atoms with Crippen molar-refractivity contribution in [3.05, 3.63) is 29.2 Å². The molecule has 2 aromatic heterocycles. The summed E-state index contributed by atoms with van der Waals surface area (Å²) < 4.78 is 0. The minimum absolute atomic E-state index is 0.582. The molecule has 0 amide bonds. The van der Waals surface area contributed by atoms with E-state index in [4.69, 9.17) is 11.6 Å². The summed E-state index contributed by atoms with van der Waals surface area (Å²) >= 11 is 5.75. The molecule has 0 radical (unpaired) electrons. The summed E-state index contributed by atoms with van der Waals surface area (Å²) in [6.45, 7) is 0. The second-order valence-corrected chi connectivity index (χ2v) is 4.12. The molecule has 2 heterocycles. The Balaban J connectivity index is 1.93. The molecule has 4 nitrogen and oxygen atoms in total. The van der Waals surface area contributed by atoms with Crippen LogP contribution in [-0.2, 0) is 0 Å². The molecule has 2 aromatic rings. The third-order valence-electron chi connectivity index (χ3n) is 2.42. The number of hydrogen-bond acceptors (Lipinski definition) is 3. The SMILES string of the molecule is Clc1ccc(-c2n[nH]c(C3CC3)n2)nc1. The lowest BCUT2D eigenvalue weighted by Crippen LogP contribution is -1.85. The van der Waals surface area contributed by atoms with Crippen LogP contribution in [-0.4, -0.2) is 20.2 Å². The van der Waals surface area contributed by atoms with Gasteiger partial charge in [-0.2, -0.15) is 5.10 Å². The van der Waals surface area contributed by atoms with E-state index in [0.29, 0.717) is 16.8 Å². The number of halogens is 1. The van der Waals surface area contributed by atoms with Crippen LogP contribution >= 0.6 is 11.6 Å². The number of pyridine rings is 1. The van der Waals surface area contributed by atoms with Crippen molar-refractivity contribution >= 4 is 11.6 Å². The van der Waals surface area contributed by atoms with Crippen molar-refractivity contribution in [3.8, 4) is 11.5 Å². The van der Waals surface area contributed by atoms with Gasteiger partial charge < -0.3 is 0 Å². The summed E-state index contributed by atoms with van der Waals surface area (Å²) in [5.41, 5.74) is 0.752. The molecule has 15 heavy (non-hydrogen) atoms. The first kappa shape index (κ1) is 8.85. The zero-order valence-electron chi connectivity index (χ0n) is 7.94. The van der Waals surface area contributed by atoms with Crippen molar-refractivity contribution in [2.75, 3.05) is 0 Å². The van der Waals surface area contributed by atoms with Crippen molar-refractivity contribution in [2.45, 2.75) is 18.8 Å². The van der Waals surface area contributed by atoms with Crippen LogP contribution in [0.4, 0.5) is 0 Å². The molecule has 1 aliphatic rings. The zero-order chi connectivity index (χ0) is 10.3. The Morgan fingerprint density at radius 3 is 2.87 bits per heavy atom. The molecule has 0 unspecified atom stereocenters. The highest BCUT2D eigenvalue weighted by atomic mass is 35.5. The summed E-state index contributed by atoms with van der Waals surface area (Å²) in [6, 6.07) is 3.61. The van der Waals surface area contributed by atoms with Crippen LogP contribution in [0, 0.1) is 0 Å². The molecule has 76 valence electrons. The average Bonchev–Trinajstić information content (AvgIpc) is 2.99. The fraction of sp³-hybridized carbons (Fsp3) is 0.300. The summed E-state index contributed by atoms with van der Waals surface area (Å²) in [4.78, 5) is 8.56. The normalized spacial score (nSPS) is 15.5. The molecule has 0 aliphatic heterocycles. The van der Waals surface area contributed by atoms with E-state index in [0.717, 1.165) is 11.5 Å². The number of rotatable bonds is 2.